The first-order chi connectivity index (χ1) is 10.8. The molecule has 0 radical (unpaired) electrons. The molecule has 0 aliphatic carbocycles. The van der Waals surface area contributed by atoms with Crippen LogP contribution in [0.3, 0.4) is 0 Å². The summed E-state index contributed by atoms with van der Waals surface area (Å²) in [6.07, 6.45) is 1.85. The quantitative estimate of drug-likeness (QED) is 0.641. The zero-order chi connectivity index (χ0) is 15.2. The number of benzene rings is 2. The number of hydrogen-bond acceptors (Lipinski definition) is 3. The standard InChI is InChI=1S/C18H19NOS2/c20-18(17-13-14-7-4-5-10-16(14)22-17)19-11-6-12-21-15-8-2-1-3-9-15/h1-5,7-10,17H,6,11-13H2,(H,19,20)/t17-/m1/s1. The van der Waals surface area contributed by atoms with Gasteiger partial charge in [-0.3, -0.25) is 4.79 Å². The van der Waals surface area contributed by atoms with Crippen LogP contribution in [0.5, 0.6) is 0 Å². The van der Waals surface area contributed by atoms with Gasteiger partial charge in [-0.05, 0) is 42.4 Å². The zero-order valence-electron chi connectivity index (χ0n) is 12.3. The van der Waals surface area contributed by atoms with Crippen LogP contribution in [0.1, 0.15) is 12.0 Å². The van der Waals surface area contributed by atoms with Gasteiger partial charge in [0.25, 0.3) is 0 Å². The van der Waals surface area contributed by atoms with Crippen molar-refractivity contribution in [2.45, 2.75) is 27.9 Å². The number of carbonyl (C=O) groups is 1. The molecule has 4 heteroatoms. The molecule has 0 saturated heterocycles. The van der Waals surface area contributed by atoms with E-state index in [-0.39, 0.29) is 11.2 Å². The van der Waals surface area contributed by atoms with Crippen molar-refractivity contribution >= 4 is 29.4 Å². The minimum Gasteiger partial charge on any atom is -0.355 e. The van der Waals surface area contributed by atoms with Gasteiger partial charge in [0.2, 0.25) is 5.91 Å². The fourth-order valence-electron chi connectivity index (χ4n) is 2.43. The van der Waals surface area contributed by atoms with Crippen LogP contribution in [0.15, 0.2) is 64.4 Å². The molecule has 2 nitrogen and oxygen atoms in total. The lowest BCUT2D eigenvalue weighted by molar-refractivity contribution is -0.120. The molecule has 1 heterocycles. The van der Waals surface area contributed by atoms with Crippen LogP contribution in [0.2, 0.25) is 0 Å². The molecule has 22 heavy (non-hydrogen) atoms. The lowest BCUT2D eigenvalue weighted by Gasteiger charge is -2.09. The monoisotopic (exact) mass is 329 g/mol. The predicted molar refractivity (Wildman–Crippen MR) is 94.6 cm³/mol. The largest absolute Gasteiger partial charge is 0.355 e. The summed E-state index contributed by atoms with van der Waals surface area (Å²) in [7, 11) is 0. The smallest absolute Gasteiger partial charge is 0.233 e. The summed E-state index contributed by atoms with van der Waals surface area (Å²) in [6.45, 7) is 0.756. The molecule has 0 aromatic heterocycles. The summed E-state index contributed by atoms with van der Waals surface area (Å²) in [6, 6.07) is 18.7. The van der Waals surface area contributed by atoms with Crippen LogP contribution in [-0.2, 0) is 11.2 Å². The van der Waals surface area contributed by atoms with Gasteiger partial charge in [-0.25, -0.2) is 0 Å². The number of fused-ring (bicyclic) bond motifs is 1. The van der Waals surface area contributed by atoms with Crippen LogP contribution < -0.4 is 5.32 Å². The molecule has 0 bridgehead atoms. The number of amides is 1. The number of carbonyl (C=O) groups excluding carboxylic acids is 1. The van der Waals surface area contributed by atoms with Crippen molar-refractivity contribution in [2.24, 2.45) is 0 Å². The molecule has 1 aliphatic rings. The summed E-state index contributed by atoms with van der Waals surface area (Å²) in [5.41, 5.74) is 1.30. The third-order valence-electron chi connectivity index (χ3n) is 3.57. The summed E-state index contributed by atoms with van der Waals surface area (Å²) in [4.78, 5) is 14.7. The van der Waals surface area contributed by atoms with Gasteiger partial charge in [0.05, 0.1) is 5.25 Å². The third kappa shape index (κ3) is 4.08. The Morgan fingerprint density at radius 1 is 1.14 bits per heavy atom. The molecule has 2 aromatic carbocycles. The fourth-order valence-corrected chi connectivity index (χ4v) is 4.53. The molecule has 1 atom stereocenters. The lowest BCUT2D eigenvalue weighted by Crippen LogP contribution is -2.33. The molecule has 0 spiro atoms. The summed E-state index contributed by atoms with van der Waals surface area (Å²) in [5, 5.41) is 3.11. The molecular formula is C18H19NOS2. The first-order valence-corrected chi connectivity index (χ1v) is 9.39. The maximum absolute atomic E-state index is 12.2. The van der Waals surface area contributed by atoms with Crippen LogP contribution in [0, 0.1) is 0 Å². The first-order valence-electron chi connectivity index (χ1n) is 7.53. The van der Waals surface area contributed by atoms with Crippen molar-refractivity contribution in [3.63, 3.8) is 0 Å². The van der Waals surface area contributed by atoms with Gasteiger partial charge in [0, 0.05) is 16.3 Å². The highest BCUT2D eigenvalue weighted by Crippen LogP contribution is 2.36. The second-order valence-corrected chi connectivity index (χ2v) is 7.64. The van der Waals surface area contributed by atoms with Crippen molar-refractivity contribution in [3.05, 3.63) is 60.2 Å². The van der Waals surface area contributed by atoms with Crippen molar-refractivity contribution in [1.29, 1.82) is 0 Å². The molecule has 2 aromatic rings. The Labute approximate surface area is 140 Å². The first kappa shape index (κ1) is 15.5. The minimum atomic E-state index is 0.0409. The molecule has 0 unspecified atom stereocenters. The highest BCUT2D eigenvalue weighted by Gasteiger charge is 2.27. The Kier molecular flexibility index (Phi) is 5.46. The number of rotatable bonds is 6. The van der Waals surface area contributed by atoms with Crippen molar-refractivity contribution < 1.29 is 4.79 Å². The highest BCUT2D eigenvalue weighted by atomic mass is 32.2. The van der Waals surface area contributed by atoms with E-state index in [0.29, 0.717) is 0 Å². The van der Waals surface area contributed by atoms with E-state index < -0.39 is 0 Å². The van der Waals surface area contributed by atoms with E-state index in [1.54, 1.807) is 11.8 Å². The van der Waals surface area contributed by atoms with Crippen molar-refractivity contribution in [2.75, 3.05) is 12.3 Å². The molecule has 1 aliphatic heterocycles. The average Bonchev–Trinajstić information content (AvgIpc) is 2.99. The van der Waals surface area contributed by atoms with E-state index in [4.69, 9.17) is 0 Å². The Hall–Kier alpha value is -1.39. The number of hydrogen-bond donors (Lipinski definition) is 1. The second kappa shape index (κ2) is 7.75. The molecule has 0 saturated carbocycles. The van der Waals surface area contributed by atoms with Gasteiger partial charge >= 0.3 is 0 Å². The molecule has 3 rings (SSSR count). The fraction of sp³-hybridized carbons (Fsp3) is 0.278. The summed E-state index contributed by atoms with van der Waals surface area (Å²) >= 11 is 3.53. The molecule has 1 amide bonds. The van der Waals surface area contributed by atoms with Gasteiger partial charge < -0.3 is 5.32 Å². The van der Waals surface area contributed by atoms with E-state index in [1.165, 1.54) is 15.4 Å². The average molecular weight is 329 g/mol. The number of thioether (sulfide) groups is 2. The molecule has 114 valence electrons. The van der Waals surface area contributed by atoms with Crippen molar-refractivity contribution in [1.82, 2.24) is 5.32 Å². The predicted octanol–water partition coefficient (Wildman–Crippen LogP) is 4.00. The summed E-state index contributed by atoms with van der Waals surface area (Å²) < 4.78 is 0. The maximum Gasteiger partial charge on any atom is 0.233 e. The van der Waals surface area contributed by atoms with Gasteiger partial charge in [-0.15, -0.1) is 23.5 Å². The topological polar surface area (TPSA) is 29.1 Å². The normalized spacial score (nSPS) is 16.3. The van der Waals surface area contributed by atoms with Crippen LogP contribution >= 0.6 is 23.5 Å². The zero-order valence-corrected chi connectivity index (χ0v) is 14.0. The molecule has 1 N–H and O–H groups in total. The van der Waals surface area contributed by atoms with Crippen LogP contribution in [0.4, 0.5) is 0 Å². The van der Waals surface area contributed by atoms with Crippen LogP contribution in [0.25, 0.3) is 0 Å². The SMILES string of the molecule is O=C(NCCCSc1ccccc1)[C@H]1Cc2ccccc2S1. The second-order valence-electron chi connectivity index (χ2n) is 5.22. The van der Waals surface area contributed by atoms with E-state index in [1.807, 2.05) is 30.0 Å². The van der Waals surface area contributed by atoms with E-state index >= 15 is 0 Å². The lowest BCUT2D eigenvalue weighted by atomic mass is 10.1. The van der Waals surface area contributed by atoms with Crippen molar-refractivity contribution in [3.8, 4) is 0 Å². The maximum atomic E-state index is 12.2. The summed E-state index contributed by atoms with van der Waals surface area (Å²) in [5.74, 6) is 1.20. The number of nitrogens with one attached hydrogen (secondary N) is 1. The Morgan fingerprint density at radius 3 is 2.73 bits per heavy atom. The third-order valence-corrected chi connectivity index (χ3v) is 5.99. The van der Waals surface area contributed by atoms with Gasteiger partial charge in [-0.2, -0.15) is 0 Å². The Bertz CT molecular complexity index is 605. The van der Waals surface area contributed by atoms with Gasteiger partial charge in [0.15, 0.2) is 0 Å². The van der Waals surface area contributed by atoms with Gasteiger partial charge in [0.1, 0.15) is 0 Å². The van der Waals surface area contributed by atoms with E-state index in [2.05, 4.69) is 41.7 Å². The van der Waals surface area contributed by atoms with Gasteiger partial charge in [-0.1, -0.05) is 36.4 Å². The molecule has 0 fully saturated rings. The van der Waals surface area contributed by atoms with E-state index in [9.17, 15) is 4.79 Å². The molecular weight excluding hydrogens is 310 g/mol. The Balaban J connectivity index is 1.35. The highest BCUT2D eigenvalue weighted by molar-refractivity contribution is 8.01. The Morgan fingerprint density at radius 2 is 1.91 bits per heavy atom. The van der Waals surface area contributed by atoms with E-state index in [0.717, 1.165) is 25.1 Å². The van der Waals surface area contributed by atoms with Crippen LogP contribution in [-0.4, -0.2) is 23.5 Å². The minimum absolute atomic E-state index is 0.0409.